The van der Waals surface area contributed by atoms with E-state index in [9.17, 15) is 0 Å². The van der Waals surface area contributed by atoms with Crippen LogP contribution in [0.2, 0.25) is 0 Å². The molecule has 2 rings (SSSR count). The maximum Gasteiger partial charge on any atom is 0.0630 e. The topological polar surface area (TPSA) is 29.9 Å². The fourth-order valence-corrected chi connectivity index (χ4v) is 3.25. The lowest BCUT2D eigenvalue weighted by Crippen LogP contribution is -2.37. The second kappa shape index (κ2) is 6.75. The molecule has 1 fully saturated rings. The van der Waals surface area contributed by atoms with Crippen molar-refractivity contribution in [2.24, 2.45) is 5.41 Å². The minimum atomic E-state index is 0.443. The molecular formula is C17H31N3. The molecular weight excluding hydrogens is 246 g/mol. The number of rotatable bonds is 7. The van der Waals surface area contributed by atoms with Crippen LogP contribution in [0.15, 0.2) is 12.3 Å². The summed E-state index contributed by atoms with van der Waals surface area (Å²) in [6.07, 6.45) is 9.89. The lowest BCUT2D eigenvalue weighted by atomic mass is 9.81. The minimum absolute atomic E-state index is 0.443. The first-order chi connectivity index (χ1) is 9.54. The van der Waals surface area contributed by atoms with E-state index in [0.29, 0.717) is 17.5 Å². The van der Waals surface area contributed by atoms with Crippen molar-refractivity contribution >= 4 is 0 Å². The summed E-state index contributed by atoms with van der Waals surface area (Å²) in [6.45, 7) is 10.1. The van der Waals surface area contributed by atoms with Gasteiger partial charge >= 0.3 is 0 Å². The van der Waals surface area contributed by atoms with Crippen LogP contribution in [0.3, 0.4) is 0 Å². The first kappa shape index (κ1) is 15.6. The summed E-state index contributed by atoms with van der Waals surface area (Å²) in [5, 5.41) is 8.46. The molecule has 0 amide bonds. The highest BCUT2D eigenvalue weighted by molar-refractivity contribution is 5.06. The highest BCUT2D eigenvalue weighted by Gasteiger charge is 2.34. The minimum Gasteiger partial charge on any atom is -0.314 e. The van der Waals surface area contributed by atoms with E-state index in [-0.39, 0.29) is 0 Å². The van der Waals surface area contributed by atoms with Crippen LogP contribution in [0, 0.1) is 5.41 Å². The van der Waals surface area contributed by atoms with E-state index in [0.717, 1.165) is 19.4 Å². The van der Waals surface area contributed by atoms with Crippen molar-refractivity contribution < 1.29 is 0 Å². The largest absolute Gasteiger partial charge is 0.314 e. The number of nitrogens with zero attached hydrogens (tertiary/aromatic N) is 2. The smallest absolute Gasteiger partial charge is 0.0630 e. The van der Waals surface area contributed by atoms with E-state index in [4.69, 9.17) is 5.10 Å². The zero-order valence-electron chi connectivity index (χ0n) is 13.7. The Morgan fingerprint density at radius 1 is 1.30 bits per heavy atom. The second-order valence-electron chi connectivity index (χ2n) is 6.96. The molecule has 0 saturated heterocycles. The molecule has 0 aliphatic heterocycles. The quantitative estimate of drug-likeness (QED) is 0.817. The van der Waals surface area contributed by atoms with Crippen LogP contribution in [0.25, 0.3) is 0 Å². The van der Waals surface area contributed by atoms with Crippen LogP contribution in [-0.2, 0) is 6.42 Å². The van der Waals surface area contributed by atoms with Crippen LogP contribution in [0.5, 0.6) is 0 Å². The van der Waals surface area contributed by atoms with Crippen LogP contribution in [-0.4, -0.2) is 22.4 Å². The Morgan fingerprint density at radius 3 is 2.60 bits per heavy atom. The third-order valence-electron chi connectivity index (χ3n) is 4.81. The maximum absolute atomic E-state index is 4.81. The van der Waals surface area contributed by atoms with E-state index < -0.39 is 0 Å². The Balaban J connectivity index is 2.02. The standard InChI is InChI=1S/C17H31N3/c1-5-15(4)20-11-8-16(19-20)12-17(9-6-7-10-17)13-18-14(2)3/h8,11,14-15,18H,5-7,9-10,12-13H2,1-4H3. The van der Waals surface area contributed by atoms with E-state index in [1.165, 1.54) is 31.4 Å². The van der Waals surface area contributed by atoms with Gasteiger partial charge in [0.2, 0.25) is 0 Å². The van der Waals surface area contributed by atoms with Crippen molar-refractivity contribution in [1.29, 1.82) is 0 Å². The maximum atomic E-state index is 4.81. The van der Waals surface area contributed by atoms with Crippen LogP contribution in [0.4, 0.5) is 0 Å². The van der Waals surface area contributed by atoms with Crippen LogP contribution >= 0.6 is 0 Å². The molecule has 20 heavy (non-hydrogen) atoms. The first-order valence-corrected chi connectivity index (χ1v) is 8.32. The molecule has 1 atom stereocenters. The summed E-state index contributed by atoms with van der Waals surface area (Å²) in [4.78, 5) is 0. The van der Waals surface area contributed by atoms with Crippen molar-refractivity contribution in [2.45, 2.75) is 78.3 Å². The second-order valence-corrected chi connectivity index (χ2v) is 6.96. The van der Waals surface area contributed by atoms with Gasteiger partial charge in [0.15, 0.2) is 0 Å². The first-order valence-electron chi connectivity index (χ1n) is 8.32. The van der Waals surface area contributed by atoms with Gasteiger partial charge in [-0.15, -0.1) is 0 Å². The molecule has 3 heteroatoms. The molecule has 1 unspecified atom stereocenters. The van der Waals surface area contributed by atoms with Gasteiger partial charge in [-0.05, 0) is 44.1 Å². The van der Waals surface area contributed by atoms with E-state index in [1.807, 2.05) is 0 Å². The molecule has 1 aliphatic carbocycles. The highest BCUT2D eigenvalue weighted by atomic mass is 15.3. The lowest BCUT2D eigenvalue weighted by molar-refractivity contribution is 0.265. The Kier molecular flexibility index (Phi) is 5.25. The fraction of sp³-hybridized carbons (Fsp3) is 0.824. The summed E-state index contributed by atoms with van der Waals surface area (Å²) in [5.74, 6) is 0. The van der Waals surface area contributed by atoms with Crippen molar-refractivity contribution in [1.82, 2.24) is 15.1 Å². The predicted molar refractivity (Wildman–Crippen MR) is 85.0 cm³/mol. The predicted octanol–water partition coefficient (Wildman–Crippen LogP) is 3.96. The summed E-state index contributed by atoms with van der Waals surface area (Å²) in [7, 11) is 0. The van der Waals surface area contributed by atoms with E-state index in [1.54, 1.807) is 0 Å². The molecule has 3 nitrogen and oxygen atoms in total. The zero-order chi connectivity index (χ0) is 14.6. The van der Waals surface area contributed by atoms with Gasteiger partial charge in [0, 0.05) is 24.8 Å². The van der Waals surface area contributed by atoms with Crippen molar-refractivity contribution in [2.75, 3.05) is 6.54 Å². The summed E-state index contributed by atoms with van der Waals surface area (Å²) < 4.78 is 2.13. The monoisotopic (exact) mass is 277 g/mol. The molecule has 0 spiro atoms. The van der Waals surface area contributed by atoms with Crippen molar-refractivity contribution in [3.63, 3.8) is 0 Å². The molecule has 1 heterocycles. The van der Waals surface area contributed by atoms with Gasteiger partial charge in [0.05, 0.1) is 5.69 Å². The Morgan fingerprint density at radius 2 is 2.00 bits per heavy atom. The molecule has 1 saturated carbocycles. The van der Waals surface area contributed by atoms with Gasteiger partial charge in [-0.3, -0.25) is 4.68 Å². The van der Waals surface area contributed by atoms with Gasteiger partial charge in [-0.1, -0.05) is 33.6 Å². The third kappa shape index (κ3) is 3.85. The van der Waals surface area contributed by atoms with Gasteiger partial charge in [0.25, 0.3) is 0 Å². The molecule has 1 aromatic heterocycles. The summed E-state index contributed by atoms with van der Waals surface area (Å²) in [5.41, 5.74) is 1.72. The SMILES string of the molecule is CCC(C)n1ccc(CC2(CNC(C)C)CCCC2)n1. The molecule has 114 valence electrons. The number of hydrogen-bond acceptors (Lipinski definition) is 2. The summed E-state index contributed by atoms with van der Waals surface area (Å²) in [6, 6.07) is 3.31. The lowest BCUT2D eigenvalue weighted by Gasteiger charge is -2.29. The van der Waals surface area contributed by atoms with Crippen molar-refractivity contribution in [3.05, 3.63) is 18.0 Å². The number of hydrogen-bond donors (Lipinski definition) is 1. The fourth-order valence-electron chi connectivity index (χ4n) is 3.25. The molecule has 1 aliphatic rings. The van der Waals surface area contributed by atoms with Gasteiger partial charge in [0.1, 0.15) is 0 Å². The molecule has 0 bridgehead atoms. The highest BCUT2D eigenvalue weighted by Crippen LogP contribution is 2.40. The van der Waals surface area contributed by atoms with Gasteiger partial charge < -0.3 is 5.32 Å². The average molecular weight is 277 g/mol. The molecule has 1 N–H and O–H groups in total. The zero-order valence-corrected chi connectivity index (χ0v) is 13.7. The Labute approximate surface area is 124 Å². The Bertz CT molecular complexity index is 402. The molecule has 0 radical (unpaired) electrons. The van der Waals surface area contributed by atoms with E-state index >= 15 is 0 Å². The average Bonchev–Trinajstić information content (AvgIpc) is 3.06. The van der Waals surface area contributed by atoms with Gasteiger partial charge in [-0.25, -0.2) is 0 Å². The number of aromatic nitrogens is 2. The van der Waals surface area contributed by atoms with E-state index in [2.05, 4.69) is 50.0 Å². The summed E-state index contributed by atoms with van der Waals surface area (Å²) >= 11 is 0. The third-order valence-corrected chi connectivity index (χ3v) is 4.81. The molecule has 1 aromatic rings. The normalized spacial score (nSPS) is 19.6. The van der Waals surface area contributed by atoms with Crippen LogP contribution < -0.4 is 5.32 Å². The Hall–Kier alpha value is -0.830. The van der Waals surface area contributed by atoms with Gasteiger partial charge in [-0.2, -0.15) is 5.10 Å². The van der Waals surface area contributed by atoms with Crippen LogP contribution in [0.1, 0.15) is 71.5 Å². The number of nitrogens with one attached hydrogen (secondary N) is 1. The molecule has 0 aromatic carbocycles. The van der Waals surface area contributed by atoms with Crippen molar-refractivity contribution in [3.8, 4) is 0 Å².